The van der Waals surface area contributed by atoms with Gasteiger partial charge in [0.15, 0.2) is 0 Å². The summed E-state index contributed by atoms with van der Waals surface area (Å²) in [4.78, 5) is 5.11. The Kier molecular flexibility index (Phi) is 4.55. The molecule has 0 unspecified atom stereocenters. The van der Waals surface area contributed by atoms with Gasteiger partial charge in [0.2, 0.25) is 0 Å². The van der Waals surface area contributed by atoms with E-state index in [9.17, 15) is 0 Å². The van der Waals surface area contributed by atoms with Gasteiger partial charge < -0.3 is 10.6 Å². The van der Waals surface area contributed by atoms with Gasteiger partial charge in [-0.25, -0.2) is 0 Å². The van der Waals surface area contributed by atoms with Crippen molar-refractivity contribution in [3.8, 4) is 0 Å². The first-order chi connectivity index (χ1) is 9.88. The molecule has 3 rings (SSSR count). The molecule has 0 spiro atoms. The van der Waals surface area contributed by atoms with Gasteiger partial charge in [-0.3, -0.25) is 4.90 Å². The van der Waals surface area contributed by atoms with Crippen molar-refractivity contribution in [3.05, 3.63) is 29.6 Å². The molecule has 0 atom stereocenters. The number of hydrogen-bond acceptors (Lipinski definition) is 4. The maximum atomic E-state index is 5.56. The molecule has 1 aromatic heterocycles. The minimum absolute atomic E-state index is 0.820. The fourth-order valence-electron chi connectivity index (χ4n) is 2.95. The molecule has 1 aromatic carbocycles. The van der Waals surface area contributed by atoms with E-state index in [0.717, 1.165) is 26.1 Å². The van der Waals surface area contributed by atoms with Gasteiger partial charge in [-0.2, -0.15) is 0 Å². The minimum Gasteiger partial charge on any atom is -0.368 e. The van der Waals surface area contributed by atoms with E-state index in [0.29, 0.717) is 0 Å². The second-order valence-electron chi connectivity index (χ2n) is 5.43. The highest BCUT2D eigenvalue weighted by molar-refractivity contribution is 7.17. The SMILES string of the molecule is NCCCCN1CCN(c2cccc3sccc23)CC1. The highest BCUT2D eigenvalue weighted by atomic mass is 32.1. The smallest absolute Gasteiger partial charge is 0.0455 e. The third kappa shape index (κ3) is 2.97. The van der Waals surface area contributed by atoms with Gasteiger partial charge in [0, 0.05) is 42.0 Å². The molecule has 4 heteroatoms. The summed E-state index contributed by atoms with van der Waals surface area (Å²) >= 11 is 1.83. The molecule has 20 heavy (non-hydrogen) atoms. The lowest BCUT2D eigenvalue weighted by Crippen LogP contribution is -2.46. The van der Waals surface area contributed by atoms with Gasteiger partial charge in [0.1, 0.15) is 0 Å². The fourth-order valence-corrected chi connectivity index (χ4v) is 3.75. The van der Waals surface area contributed by atoms with E-state index < -0.39 is 0 Å². The van der Waals surface area contributed by atoms with Gasteiger partial charge in [0.25, 0.3) is 0 Å². The number of rotatable bonds is 5. The number of nitrogens with two attached hydrogens (primary N) is 1. The fraction of sp³-hybridized carbons (Fsp3) is 0.500. The summed E-state index contributed by atoms with van der Waals surface area (Å²) in [5.74, 6) is 0. The van der Waals surface area contributed by atoms with Gasteiger partial charge >= 0.3 is 0 Å². The normalized spacial score (nSPS) is 16.9. The van der Waals surface area contributed by atoms with Gasteiger partial charge in [-0.1, -0.05) is 6.07 Å². The quantitative estimate of drug-likeness (QED) is 0.859. The summed E-state index contributed by atoms with van der Waals surface area (Å²) in [7, 11) is 0. The van der Waals surface area contributed by atoms with Crippen molar-refractivity contribution in [1.29, 1.82) is 0 Å². The van der Waals surface area contributed by atoms with Crippen LogP contribution >= 0.6 is 11.3 Å². The van der Waals surface area contributed by atoms with Crippen LogP contribution in [0.5, 0.6) is 0 Å². The van der Waals surface area contributed by atoms with Crippen molar-refractivity contribution in [2.24, 2.45) is 5.73 Å². The number of thiophene rings is 1. The summed E-state index contributed by atoms with van der Waals surface area (Å²) in [6.45, 7) is 6.64. The van der Waals surface area contributed by atoms with E-state index in [1.54, 1.807) is 0 Å². The Hall–Kier alpha value is -1.10. The van der Waals surface area contributed by atoms with E-state index >= 15 is 0 Å². The zero-order chi connectivity index (χ0) is 13.8. The predicted molar refractivity (Wildman–Crippen MR) is 88.8 cm³/mol. The highest BCUT2D eigenvalue weighted by Gasteiger charge is 2.18. The van der Waals surface area contributed by atoms with E-state index in [4.69, 9.17) is 5.73 Å². The molecule has 2 heterocycles. The first-order valence-corrected chi connectivity index (χ1v) is 8.40. The number of benzene rings is 1. The molecular weight excluding hydrogens is 266 g/mol. The topological polar surface area (TPSA) is 32.5 Å². The standard InChI is InChI=1S/C16H23N3S/c17-7-1-2-8-18-9-11-19(12-10-18)15-4-3-5-16-14(15)6-13-20-16/h3-6,13H,1-2,7-12,17H2. The Morgan fingerprint density at radius 1 is 1.05 bits per heavy atom. The predicted octanol–water partition coefficient (Wildman–Crippen LogP) is 2.76. The summed E-state index contributed by atoms with van der Waals surface area (Å²) in [5.41, 5.74) is 6.97. The number of nitrogens with zero attached hydrogens (tertiary/aromatic N) is 2. The van der Waals surface area contributed by atoms with Crippen LogP contribution in [0.1, 0.15) is 12.8 Å². The minimum atomic E-state index is 0.820. The van der Waals surface area contributed by atoms with Crippen LogP contribution in [0.4, 0.5) is 5.69 Å². The molecule has 2 N–H and O–H groups in total. The van der Waals surface area contributed by atoms with Gasteiger partial charge in [-0.15, -0.1) is 11.3 Å². The Bertz CT molecular complexity index is 543. The van der Waals surface area contributed by atoms with Crippen LogP contribution < -0.4 is 10.6 Å². The lowest BCUT2D eigenvalue weighted by Gasteiger charge is -2.36. The Balaban J connectivity index is 1.62. The molecule has 0 aliphatic carbocycles. The lowest BCUT2D eigenvalue weighted by molar-refractivity contribution is 0.253. The number of fused-ring (bicyclic) bond motifs is 1. The summed E-state index contributed by atoms with van der Waals surface area (Å²) in [6, 6.07) is 8.91. The van der Waals surface area contributed by atoms with Crippen molar-refractivity contribution in [2.45, 2.75) is 12.8 Å². The van der Waals surface area contributed by atoms with Gasteiger partial charge in [-0.05, 0) is 49.5 Å². The zero-order valence-electron chi connectivity index (χ0n) is 11.9. The Labute approximate surface area is 125 Å². The van der Waals surface area contributed by atoms with Crippen LogP contribution in [0.2, 0.25) is 0 Å². The zero-order valence-corrected chi connectivity index (χ0v) is 12.7. The van der Waals surface area contributed by atoms with Crippen LogP contribution in [-0.2, 0) is 0 Å². The molecule has 1 saturated heterocycles. The van der Waals surface area contributed by atoms with Crippen molar-refractivity contribution in [3.63, 3.8) is 0 Å². The molecule has 0 amide bonds. The third-order valence-corrected chi connectivity index (χ3v) is 5.00. The first-order valence-electron chi connectivity index (χ1n) is 7.52. The maximum Gasteiger partial charge on any atom is 0.0455 e. The number of anilines is 1. The van der Waals surface area contributed by atoms with E-state index in [1.807, 2.05) is 11.3 Å². The van der Waals surface area contributed by atoms with Crippen LogP contribution in [0.15, 0.2) is 29.6 Å². The monoisotopic (exact) mass is 289 g/mol. The number of hydrogen-bond donors (Lipinski definition) is 1. The third-order valence-electron chi connectivity index (χ3n) is 4.11. The summed E-state index contributed by atoms with van der Waals surface area (Å²) in [5, 5.41) is 3.60. The summed E-state index contributed by atoms with van der Waals surface area (Å²) in [6.07, 6.45) is 2.38. The Morgan fingerprint density at radius 3 is 2.70 bits per heavy atom. The number of piperazine rings is 1. The van der Waals surface area contributed by atoms with Crippen molar-refractivity contribution < 1.29 is 0 Å². The molecule has 0 bridgehead atoms. The van der Waals surface area contributed by atoms with Crippen LogP contribution in [0, 0.1) is 0 Å². The molecular formula is C16H23N3S. The molecule has 1 aliphatic rings. The van der Waals surface area contributed by atoms with Crippen molar-refractivity contribution in [2.75, 3.05) is 44.2 Å². The number of unbranched alkanes of at least 4 members (excludes halogenated alkanes) is 1. The second-order valence-corrected chi connectivity index (χ2v) is 6.38. The average molecular weight is 289 g/mol. The van der Waals surface area contributed by atoms with Gasteiger partial charge in [0.05, 0.1) is 0 Å². The van der Waals surface area contributed by atoms with Crippen LogP contribution in [0.25, 0.3) is 10.1 Å². The van der Waals surface area contributed by atoms with E-state index in [1.165, 1.54) is 41.8 Å². The molecule has 1 aliphatic heterocycles. The second kappa shape index (κ2) is 6.57. The molecule has 0 saturated carbocycles. The van der Waals surface area contributed by atoms with Crippen LogP contribution in [0.3, 0.4) is 0 Å². The Morgan fingerprint density at radius 2 is 1.90 bits per heavy atom. The molecule has 1 fully saturated rings. The summed E-state index contributed by atoms with van der Waals surface area (Å²) < 4.78 is 1.40. The van der Waals surface area contributed by atoms with E-state index in [2.05, 4.69) is 39.4 Å². The highest BCUT2D eigenvalue weighted by Crippen LogP contribution is 2.31. The first kappa shape index (κ1) is 13.9. The lowest BCUT2D eigenvalue weighted by atomic mass is 10.2. The largest absolute Gasteiger partial charge is 0.368 e. The average Bonchev–Trinajstić information content (AvgIpc) is 2.97. The van der Waals surface area contributed by atoms with Crippen molar-refractivity contribution >= 4 is 27.1 Å². The molecule has 108 valence electrons. The maximum absolute atomic E-state index is 5.56. The van der Waals surface area contributed by atoms with Crippen LogP contribution in [-0.4, -0.2) is 44.2 Å². The molecule has 2 aromatic rings. The molecule has 3 nitrogen and oxygen atoms in total. The molecule has 0 radical (unpaired) electrons. The van der Waals surface area contributed by atoms with E-state index in [-0.39, 0.29) is 0 Å². The van der Waals surface area contributed by atoms with Crippen molar-refractivity contribution in [1.82, 2.24) is 4.90 Å².